The van der Waals surface area contributed by atoms with Crippen molar-refractivity contribution < 1.29 is 9.13 Å². The Labute approximate surface area is 104 Å². The second-order valence-corrected chi connectivity index (χ2v) is 4.07. The van der Waals surface area contributed by atoms with Gasteiger partial charge in [-0.05, 0) is 12.5 Å². The molecule has 1 unspecified atom stereocenters. The standard InChI is InChI=1S/C10H13Cl2FN2O/c1-16-6-8(2-3-11)15-10-9(13)4-7(12)5-14-10/h4-5,8H,2-3,6H2,1H3,(H,14,15). The second-order valence-electron chi connectivity index (χ2n) is 3.26. The minimum Gasteiger partial charge on any atom is -0.383 e. The predicted octanol–water partition coefficient (Wildman–Crippen LogP) is 2.93. The molecule has 0 amide bonds. The number of hydrogen-bond donors (Lipinski definition) is 1. The summed E-state index contributed by atoms with van der Waals surface area (Å²) in [5.74, 6) is 0.149. The third kappa shape index (κ3) is 4.12. The van der Waals surface area contributed by atoms with Gasteiger partial charge in [-0.3, -0.25) is 0 Å². The highest BCUT2D eigenvalue weighted by Gasteiger charge is 2.11. The molecule has 90 valence electrons. The summed E-state index contributed by atoms with van der Waals surface area (Å²) in [7, 11) is 1.58. The van der Waals surface area contributed by atoms with Gasteiger partial charge in [0.1, 0.15) is 0 Å². The number of rotatable bonds is 6. The van der Waals surface area contributed by atoms with Crippen LogP contribution in [-0.4, -0.2) is 30.6 Å². The summed E-state index contributed by atoms with van der Waals surface area (Å²) in [5, 5.41) is 3.19. The highest BCUT2D eigenvalue weighted by atomic mass is 35.5. The van der Waals surface area contributed by atoms with Crippen LogP contribution in [0.1, 0.15) is 6.42 Å². The van der Waals surface area contributed by atoms with Gasteiger partial charge in [-0.2, -0.15) is 0 Å². The lowest BCUT2D eigenvalue weighted by Gasteiger charge is -2.17. The number of methoxy groups -OCH3 is 1. The Hall–Kier alpha value is -0.580. The number of pyridine rings is 1. The van der Waals surface area contributed by atoms with Crippen LogP contribution in [-0.2, 0) is 4.74 Å². The first-order chi connectivity index (χ1) is 7.67. The fourth-order valence-corrected chi connectivity index (χ4v) is 1.65. The van der Waals surface area contributed by atoms with Gasteiger partial charge in [0.05, 0.1) is 17.7 Å². The third-order valence-corrected chi connectivity index (χ3v) is 2.40. The third-order valence-electron chi connectivity index (χ3n) is 1.97. The van der Waals surface area contributed by atoms with Gasteiger partial charge >= 0.3 is 0 Å². The van der Waals surface area contributed by atoms with Crippen molar-refractivity contribution in [2.75, 3.05) is 24.9 Å². The van der Waals surface area contributed by atoms with E-state index in [0.717, 1.165) is 0 Å². The van der Waals surface area contributed by atoms with Gasteiger partial charge in [-0.25, -0.2) is 9.37 Å². The molecule has 0 saturated carbocycles. The molecular weight excluding hydrogens is 254 g/mol. The monoisotopic (exact) mass is 266 g/mol. The van der Waals surface area contributed by atoms with Gasteiger partial charge in [0, 0.05) is 19.2 Å². The molecule has 1 rings (SSSR count). The van der Waals surface area contributed by atoms with E-state index in [-0.39, 0.29) is 16.9 Å². The Morgan fingerprint density at radius 2 is 2.38 bits per heavy atom. The summed E-state index contributed by atoms with van der Waals surface area (Å²) in [4.78, 5) is 3.87. The van der Waals surface area contributed by atoms with E-state index in [1.165, 1.54) is 12.3 Å². The molecule has 0 radical (unpaired) electrons. The van der Waals surface area contributed by atoms with E-state index in [0.29, 0.717) is 18.9 Å². The van der Waals surface area contributed by atoms with Crippen molar-refractivity contribution in [1.82, 2.24) is 4.98 Å². The average molecular weight is 267 g/mol. The molecule has 1 heterocycles. The largest absolute Gasteiger partial charge is 0.383 e. The van der Waals surface area contributed by atoms with Crippen LogP contribution in [0.15, 0.2) is 12.3 Å². The first-order valence-electron chi connectivity index (χ1n) is 4.80. The van der Waals surface area contributed by atoms with Crippen molar-refractivity contribution in [1.29, 1.82) is 0 Å². The van der Waals surface area contributed by atoms with Crippen LogP contribution in [0.3, 0.4) is 0 Å². The van der Waals surface area contributed by atoms with Gasteiger partial charge in [0.15, 0.2) is 11.6 Å². The van der Waals surface area contributed by atoms with Gasteiger partial charge in [-0.1, -0.05) is 11.6 Å². The smallest absolute Gasteiger partial charge is 0.166 e. The minimum absolute atomic E-state index is 0.0642. The minimum atomic E-state index is -0.483. The topological polar surface area (TPSA) is 34.1 Å². The molecule has 1 aromatic heterocycles. The molecule has 1 N–H and O–H groups in total. The van der Waals surface area contributed by atoms with Crippen LogP contribution < -0.4 is 5.32 Å². The Balaban J connectivity index is 2.68. The van der Waals surface area contributed by atoms with Crippen molar-refractivity contribution in [3.05, 3.63) is 23.1 Å². The number of aromatic nitrogens is 1. The van der Waals surface area contributed by atoms with Crippen LogP contribution in [0.25, 0.3) is 0 Å². The Morgan fingerprint density at radius 3 is 2.94 bits per heavy atom. The van der Waals surface area contributed by atoms with Gasteiger partial charge in [-0.15, -0.1) is 11.6 Å². The SMILES string of the molecule is COCC(CCCl)Nc1ncc(Cl)cc1F. The first-order valence-corrected chi connectivity index (χ1v) is 5.71. The van der Waals surface area contributed by atoms with Crippen molar-refractivity contribution in [3.8, 4) is 0 Å². The fraction of sp³-hybridized carbons (Fsp3) is 0.500. The maximum atomic E-state index is 13.4. The molecule has 0 fully saturated rings. The number of nitrogens with zero attached hydrogens (tertiary/aromatic N) is 1. The van der Waals surface area contributed by atoms with Crippen LogP contribution in [0.2, 0.25) is 5.02 Å². The lowest BCUT2D eigenvalue weighted by molar-refractivity contribution is 0.184. The van der Waals surface area contributed by atoms with Crippen molar-refractivity contribution >= 4 is 29.0 Å². The molecule has 0 aliphatic carbocycles. The number of alkyl halides is 1. The predicted molar refractivity (Wildman–Crippen MR) is 63.8 cm³/mol. The number of hydrogen-bond acceptors (Lipinski definition) is 3. The zero-order valence-corrected chi connectivity index (χ0v) is 10.4. The highest BCUT2D eigenvalue weighted by molar-refractivity contribution is 6.30. The van der Waals surface area contributed by atoms with Crippen LogP contribution in [0.4, 0.5) is 10.2 Å². The maximum Gasteiger partial charge on any atom is 0.166 e. The molecule has 3 nitrogen and oxygen atoms in total. The Kier molecular flexibility index (Phi) is 5.80. The van der Waals surface area contributed by atoms with E-state index >= 15 is 0 Å². The van der Waals surface area contributed by atoms with E-state index in [2.05, 4.69) is 10.3 Å². The first kappa shape index (κ1) is 13.5. The normalized spacial score (nSPS) is 12.5. The van der Waals surface area contributed by atoms with Crippen LogP contribution in [0.5, 0.6) is 0 Å². The average Bonchev–Trinajstić information content (AvgIpc) is 2.23. The molecule has 0 aliphatic heterocycles. The molecule has 0 bridgehead atoms. The van der Waals surface area contributed by atoms with Gasteiger partial charge < -0.3 is 10.1 Å². The van der Waals surface area contributed by atoms with E-state index in [4.69, 9.17) is 27.9 Å². The number of nitrogens with one attached hydrogen (secondary N) is 1. The van der Waals surface area contributed by atoms with Gasteiger partial charge in [0.2, 0.25) is 0 Å². The number of halogens is 3. The molecular formula is C10H13Cl2FN2O. The van der Waals surface area contributed by atoms with E-state index in [1.807, 2.05) is 0 Å². The summed E-state index contributed by atoms with van der Waals surface area (Å²) in [6, 6.07) is 1.15. The second kappa shape index (κ2) is 6.89. The zero-order valence-electron chi connectivity index (χ0n) is 8.84. The quantitative estimate of drug-likeness (QED) is 0.805. The molecule has 0 saturated heterocycles. The summed E-state index contributed by atoms with van der Waals surface area (Å²) in [6.07, 6.45) is 2.05. The van der Waals surface area contributed by atoms with Crippen LogP contribution >= 0.6 is 23.2 Å². The van der Waals surface area contributed by atoms with Crippen molar-refractivity contribution in [3.63, 3.8) is 0 Å². The summed E-state index contributed by atoms with van der Waals surface area (Å²) in [5.41, 5.74) is 0. The molecule has 0 spiro atoms. The van der Waals surface area contributed by atoms with E-state index in [9.17, 15) is 4.39 Å². The highest BCUT2D eigenvalue weighted by Crippen LogP contribution is 2.17. The molecule has 6 heteroatoms. The molecule has 0 aliphatic rings. The van der Waals surface area contributed by atoms with Gasteiger partial charge in [0.25, 0.3) is 0 Å². The Bertz CT molecular complexity index is 333. The van der Waals surface area contributed by atoms with E-state index < -0.39 is 5.82 Å². The molecule has 1 atom stereocenters. The Morgan fingerprint density at radius 1 is 1.62 bits per heavy atom. The summed E-state index contributed by atoms with van der Waals surface area (Å²) < 4.78 is 18.4. The molecule has 16 heavy (non-hydrogen) atoms. The summed E-state index contributed by atoms with van der Waals surface area (Å²) in [6.45, 7) is 0.441. The number of ether oxygens (including phenoxy) is 1. The maximum absolute atomic E-state index is 13.4. The van der Waals surface area contributed by atoms with Crippen molar-refractivity contribution in [2.24, 2.45) is 0 Å². The fourth-order valence-electron chi connectivity index (χ4n) is 1.24. The van der Waals surface area contributed by atoms with Crippen molar-refractivity contribution in [2.45, 2.75) is 12.5 Å². The zero-order chi connectivity index (χ0) is 12.0. The lowest BCUT2D eigenvalue weighted by Crippen LogP contribution is -2.26. The molecule has 0 aromatic carbocycles. The van der Waals surface area contributed by atoms with E-state index in [1.54, 1.807) is 7.11 Å². The van der Waals surface area contributed by atoms with Crippen LogP contribution in [0, 0.1) is 5.82 Å². The lowest BCUT2D eigenvalue weighted by atomic mass is 10.2. The number of anilines is 1. The summed E-state index contributed by atoms with van der Waals surface area (Å²) >= 11 is 11.2. The molecule has 1 aromatic rings.